The molecular formula is C29H34N2O3S. The second-order valence-electron chi connectivity index (χ2n) is 8.50. The predicted octanol–water partition coefficient (Wildman–Crippen LogP) is 5.34. The van der Waals surface area contributed by atoms with Crippen molar-refractivity contribution in [2.75, 3.05) is 12.9 Å². The molecule has 0 fully saturated rings. The van der Waals surface area contributed by atoms with Crippen molar-refractivity contribution in [2.45, 2.75) is 50.2 Å². The maximum atomic E-state index is 13.7. The van der Waals surface area contributed by atoms with Crippen molar-refractivity contribution in [2.24, 2.45) is 0 Å². The minimum Gasteiger partial charge on any atom is -0.497 e. The smallest absolute Gasteiger partial charge is 0.243 e. The first-order valence-corrected chi connectivity index (χ1v) is 12.9. The lowest BCUT2D eigenvalue weighted by Crippen LogP contribution is -2.52. The molecular weight excluding hydrogens is 456 g/mol. The third-order valence-electron chi connectivity index (χ3n) is 5.86. The van der Waals surface area contributed by atoms with Gasteiger partial charge in [-0.15, -0.1) is 11.8 Å². The fraction of sp³-hybridized carbons (Fsp3) is 0.310. The number of carbonyl (C=O) groups is 2. The number of methoxy groups -OCH3 is 1. The molecule has 0 saturated carbocycles. The third kappa shape index (κ3) is 8.18. The Morgan fingerprint density at radius 1 is 0.943 bits per heavy atom. The number of amides is 2. The first kappa shape index (κ1) is 26.4. The van der Waals surface area contributed by atoms with E-state index in [9.17, 15) is 9.59 Å². The molecule has 3 rings (SSSR count). The highest BCUT2D eigenvalue weighted by Gasteiger charge is 2.31. The summed E-state index contributed by atoms with van der Waals surface area (Å²) in [5.74, 6) is 0.749. The van der Waals surface area contributed by atoms with Crippen molar-refractivity contribution in [3.8, 4) is 5.75 Å². The summed E-state index contributed by atoms with van der Waals surface area (Å²) in [7, 11) is 1.62. The summed E-state index contributed by atoms with van der Waals surface area (Å²) in [6.45, 7) is 4.33. The lowest BCUT2D eigenvalue weighted by molar-refractivity contribution is -0.139. The van der Waals surface area contributed by atoms with Crippen LogP contribution in [0.4, 0.5) is 0 Å². The van der Waals surface area contributed by atoms with E-state index in [-0.39, 0.29) is 23.6 Å². The second kappa shape index (κ2) is 13.6. The van der Waals surface area contributed by atoms with Gasteiger partial charge in [0.15, 0.2) is 0 Å². The van der Waals surface area contributed by atoms with Crippen LogP contribution >= 0.6 is 11.8 Å². The van der Waals surface area contributed by atoms with Gasteiger partial charge in [-0.1, -0.05) is 67.6 Å². The van der Waals surface area contributed by atoms with Gasteiger partial charge in [-0.25, -0.2) is 0 Å². The van der Waals surface area contributed by atoms with Crippen LogP contribution in [0.15, 0.2) is 89.8 Å². The Labute approximate surface area is 212 Å². The van der Waals surface area contributed by atoms with Crippen LogP contribution in [0.5, 0.6) is 5.75 Å². The zero-order valence-electron chi connectivity index (χ0n) is 20.6. The van der Waals surface area contributed by atoms with E-state index in [4.69, 9.17) is 4.74 Å². The molecule has 2 amide bonds. The summed E-state index contributed by atoms with van der Waals surface area (Å²) in [5.41, 5.74) is 1.92. The van der Waals surface area contributed by atoms with E-state index < -0.39 is 6.04 Å². The molecule has 0 saturated heterocycles. The van der Waals surface area contributed by atoms with E-state index >= 15 is 0 Å². The highest BCUT2D eigenvalue weighted by molar-refractivity contribution is 8.00. The molecule has 0 bridgehead atoms. The van der Waals surface area contributed by atoms with Crippen molar-refractivity contribution in [3.05, 3.63) is 96.1 Å². The highest BCUT2D eigenvalue weighted by Crippen LogP contribution is 2.22. The van der Waals surface area contributed by atoms with Crippen LogP contribution in [0.2, 0.25) is 0 Å². The van der Waals surface area contributed by atoms with Crippen molar-refractivity contribution in [1.82, 2.24) is 10.2 Å². The van der Waals surface area contributed by atoms with Gasteiger partial charge in [0.25, 0.3) is 0 Å². The van der Waals surface area contributed by atoms with Crippen LogP contribution in [0.25, 0.3) is 0 Å². The zero-order chi connectivity index (χ0) is 25.0. The van der Waals surface area contributed by atoms with Crippen LogP contribution < -0.4 is 10.1 Å². The molecule has 3 aromatic carbocycles. The zero-order valence-corrected chi connectivity index (χ0v) is 21.5. The Kier molecular flexibility index (Phi) is 10.2. The minimum absolute atomic E-state index is 0.0215. The van der Waals surface area contributed by atoms with Crippen molar-refractivity contribution in [3.63, 3.8) is 0 Å². The van der Waals surface area contributed by atoms with Gasteiger partial charge in [0.1, 0.15) is 11.8 Å². The van der Waals surface area contributed by atoms with Crippen LogP contribution in [0.3, 0.4) is 0 Å². The van der Waals surface area contributed by atoms with Gasteiger partial charge in [0.2, 0.25) is 11.8 Å². The molecule has 0 aliphatic carbocycles. The number of nitrogens with one attached hydrogen (secondary N) is 1. The monoisotopic (exact) mass is 490 g/mol. The molecule has 0 heterocycles. The fourth-order valence-corrected chi connectivity index (χ4v) is 4.51. The Bertz CT molecular complexity index is 1080. The standard InChI is InChI=1S/C29H34N2O3S/c1-4-22(2)30-29(33)27(19-23-12-7-5-8-13-23)31(20-24-14-11-15-25(18-24)34-3)28(32)21-35-26-16-9-6-10-17-26/h5-18,22,27H,4,19-21H2,1-3H3,(H,30,33)/t22-,27+/m0/s1. The number of hydrogen-bond acceptors (Lipinski definition) is 4. The van der Waals surface area contributed by atoms with E-state index in [0.29, 0.717) is 13.0 Å². The number of rotatable bonds is 12. The maximum Gasteiger partial charge on any atom is 0.243 e. The predicted molar refractivity (Wildman–Crippen MR) is 143 cm³/mol. The molecule has 0 unspecified atom stereocenters. The fourth-order valence-electron chi connectivity index (χ4n) is 3.71. The first-order valence-electron chi connectivity index (χ1n) is 11.9. The largest absolute Gasteiger partial charge is 0.497 e. The van der Waals surface area contributed by atoms with Crippen LogP contribution in [0.1, 0.15) is 31.4 Å². The van der Waals surface area contributed by atoms with Crippen LogP contribution in [-0.2, 0) is 22.6 Å². The van der Waals surface area contributed by atoms with Crippen molar-refractivity contribution >= 4 is 23.6 Å². The molecule has 5 nitrogen and oxygen atoms in total. The summed E-state index contributed by atoms with van der Waals surface area (Å²) in [4.78, 5) is 29.9. The summed E-state index contributed by atoms with van der Waals surface area (Å²) in [6.07, 6.45) is 1.26. The molecule has 35 heavy (non-hydrogen) atoms. The summed E-state index contributed by atoms with van der Waals surface area (Å²) < 4.78 is 5.39. The minimum atomic E-state index is -0.638. The number of ether oxygens (including phenoxy) is 1. The summed E-state index contributed by atoms with van der Waals surface area (Å²) in [6, 6.07) is 26.7. The van der Waals surface area contributed by atoms with Gasteiger partial charge in [-0.3, -0.25) is 9.59 Å². The number of carbonyl (C=O) groups excluding carboxylic acids is 2. The molecule has 6 heteroatoms. The Balaban J connectivity index is 1.92. The molecule has 0 radical (unpaired) electrons. The Morgan fingerprint density at radius 3 is 2.26 bits per heavy atom. The first-order chi connectivity index (χ1) is 17.0. The SMILES string of the molecule is CC[C@H](C)NC(=O)[C@@H](Cc1ccccc1)N(Cc1cccc(OC)c1)C(=O)CSc1ccccc1. The molecule has 0 aromatic heterocycles. The molecule has 0 aliphatic heterocycles. The highest BCUT2D eigenvalue weighted by atomic mass is 32.2. The van der Waals surface area contributed by atoms with Gasteiger partial charge < -0.3 is 15.0 Å². The van der Waals surface area contributed by atoms with E-state index in [1.165, 1.54) is 11.8 Å². The summed E-state index contributed by atoms with van der Waals surface area (Å²) >= 11 is 1.48. The normalized spacial score (nSPS) is 12.4. The van der Waals surface area contributed by atoms with E-state index in [1.807, 2.05) is 98.8 Å². The number of benzene rings is 3. The van der Waals surface area contributed by atoms with Crippen molar-refractivity contribution in [1.29, 1.82) is 0 Å². The maximum absolute atomic E-state index is 13.7. The lowest BCUT2D eigenvalue weighted by Gasteiger charge is -2.32. The van der Waals surface area contributed by atoms with Gasteiger partial charge in [0, 0.05) is 23.9 Å². The topological polar surface area (TPSA) is 58.6 Å². The molecule has 3 aromatic rings. The van der Waals surface area contributed by atoms with Crippen molar-refractivity contribution < 1.29 is 14.3 Å². The average Bonchev–Trinajstić information content (AvgIpc) is 2.90. The van der Waals surface area contributed by atoms with E-state index in [1.54, 1.807) is 12.0 Å². The van der Waals surface area contributed by atoms with Gasteiger partial charge in [-0.2, -0.15) is 0 Å². The van der Waals surface area contributed by atoms with Crippen LogP contribution in [-0.4, -0.2) is 41.7 Å². The number of thioether (sulfide) groups is 1. The third-order valence-corrected chi connectivity index (χ3v) is 6.86. The van der Waals surface area contributed by atoms with Gasteiger partial charge in [0.05, 0.1) is 12.9 Å². The molecule has 2 atom stereocenters. The quantitative estimate of drug-likeness (QED) is 0.348. The molecule has 0 aliphatic rings. The molecule has 1 N–H and O–H groups in total. The lowest BCUT2D eigenvalue weighted by atomic mass is 10.0. The molecule has 184 valence electrons. The van der Waals surface area contributed by atoms with Gasteiger partial charge in [-0.05, 0) is 48.7 Å². The van der Waals surface area contributed by atoms with Crippen LogP contribution in [0, 0.1) is 0 Å². The van der Waals surface area contributed by atoms with E-state index in [2.05, 4.69) is 5.32 Å². The van der Waals surface area contributed by atoms with E-state index in [0.717, 1.165) is 28.2 Å². The van der Waals surface area contributed by atoms with Gasteiger partial charge >= 0.3 is 0 Å². The Morgan fingerprint density at radius 2 is 1.60 bits per heavy atom. The Hall–Kier alpha value is -3.25. The number of nitrogens with zero attached hydrogens (tertiary/aromatic N) is 1. The second-order valence-corrected chi connectivity index (χ2v) is 9.55. The average molecular weight is 491 g/mol. The summed E-state index contributed by atoms with van der Waals surface area (Å²) in [5, 5.41) is 3.10. The molecule has 0 spiro atoms. The number of hydrogen-bond donors (Lipinski definition) is 1.